The summed E-state index contributed by atoms with van der Waals surface area (Å²) < 4.78 is 20.2. The van der Waals surface area contributed by atoms with Gasteiger partial charge in [0, 0.05) is 13.2 Å². The van der Waals surface area contributed by atoms with E-state index in [1.165, 1.54) is 7.11 Å². The Morgan fingerprint density at radius 2 is 1.46 bits per heavy atom. The summed E-state index contributed by atoms with van der Waals surface area (Å²) >= 11 is 0. The van der Waals surface area contributed by atoms with Crippen LogP contribution in [0, 0.1) is 0 Å². The summed E-state index contributed by atoms with van der Waals surface area (Å²) in [6.07, 6.45) is -0.723. The van der Waals surface area contributed by atoms with Gasteiger partial charge >= 0.3 is 18.2 Å². The fourth-order valence-corrected chi connectivity index (χ4v) is 1.64. The van der Waals surface area contributed by atoms with Crippen LogP contribution >= 0.6 is 0 Å². The third-order valence-corrected chi connectivity index (χ3v) is 2.59. The first-order chi connectivity index (χ1) is 11.8. The van der Waals surface area contributed by atoms with Crippen LogP contribution in [0.25, 0.3) is 0 Å². The van der Waals surface area contributed by atoms with Crippen molar-refractivity contribution in [2.24, 2.45) is 0 Å². The topological polar surface area (TPSA) is 112 Å². The van der Waals surface area contributed by atoms with Crippen molar-refractivity contribution in [3.8, 4) is 0 Å². The van der Waals surface area contributed by atoms with Gasteiger partial charge in [0.05, 0.1) is 13.7 Å². The molecule has 26 heavy (non-hydrogen) atoms. The van der Waals surface area contributed by atoms with E-state index in [0.29, 0.717) is 13.0 Å². The molecule has 0 aliphatic carbocycles. The van der Waals surface area contributed by atoms with E-state index in [1.54, 1.807) is 41.5 Å². The molecule has 0 aromatic carbocycles. The van der Waals surface area contributed by atoms with Gasteiger partial charge in [-0.25, -0.2) is 14.4 Å². The molecule has 0 bridgehead atoms. The first kappa shape index (κ1) is 24.0. The number of carbonyl (C=O) groups is 3. The van der Waals surface area contributed by atoms with Gasteiger partial charge in [-0.3, -0.25) is 0 Å². The third kappa shape index (κ3) is 13.3. The molecule has 0 saturated carbocycles. The number of alkyl carbamates (subject to hydrolysis) is 2. The number of methoxy groups -OCH3 is 1. The van der Waals surface area contributed by atoms with Gasteiger partial charge in [0.25, 0.3) is 0 Å². The lowest BCUT2D eigenvalue weighted by Gasteiger charge is -2.22. The predicted molar refractivity (Wildman–Crippen MR) is 94.8 cm³/mol. The molecule has 0 rings (SSSR count). The van der Waals surface area contributed by atoms with E-state index in [9.17, 15) is 14.4 Å². The summed E-state index contributed by atoms with van der Waals surface area (Å²) in [5.41, 5.74) is -1.24. The lowest BCUT2D eigenvalue weighted by Crippen LogP contribution is -2.46. The smallest absolute Gasteiger partial charge is 0.408 e. The van der Waals surface area contributed by atoms with Crippen LogP contribution in [-0.2, 0) is 23.7 Å². The highest BCUT2D eigenvalue weighted by atomic mass is 16.6. The average molecular weight is 376 g/mol. The van der Waals surface area contributed by atoms with Crippen LogP contribution in [0.2, 0.25) is 0 Å². The van der Waals surface area contributed by atoms with Crippen LogP contribution in [0.15, 0.2) is 0 Å². The summed E-state index contributed by atoms with van der Waals surface area (Å²) in [6, 6.07) is -0.978. The maximum atomic E-state index is 11.8. The van der Waals surface area contributed by atoms with Crippen LogP contribution in [0.3, 0.4) is 0 Å². The molecule has 0 fully saturated rings. The summed E-state index contributed by atoms with van der Waals surface area (Å²) in [5, 5.41) is 5.01. The maximum absolute atomic E-state index is 11.8. The van der Waals surface area contributed by atoms with Crippen molar-refractivity contribution < 1.29 is 33.3 Å². The Hall–Kier alpha value is -2.03. The monoisotopic (exact) mass is 376 g/mol. The van der Waals surface area contributed by atoms with Gasteiger partial charge in [-0.15, -0.1) is 0 Å². The van der Waals surface area contributed by atoms with E-state index in [1.807, 2.05) is 0 Å². The van der Waals surface area contributed by atoms with Crippen molar-refractivity contribution in [2.75, 3.05) is 26.9 Å². The maximum Gasteiger partial charge on any atom is 0.408 e. The van der Waals surface area contributed by atoms with Crippen molar-refractivity contribution in [1.29, 1.82) is 0 Å². The van der Waals surface area contributed by atoms with Gasteiger partial charge in [-0.2, -0.15) is 0 Å². The Morgan fingerprint density at radius 3 is 1.96 bits per heavy atom. The Kier molecular flexibility index (Phi) is 10.0. The molecule has 1 unspecified atom stereocenters. The predicted octanol–water partition coefficient (Wildman–Crippen LogP) is 1.98. The van der Waals surface area contributed by atoms with E-state index in [2.05, 4.69) is 15.4 Å². The molecule has 0 spiro atoms. The highest BCUT2D eigenvalue weighted by molar-refractivity contribution is 5.81. The van der Waals surface area contributed by atoms with E-state index in [-0.39, 0.29) is 13.2 Å². The number of ether oxygens (including phenoxy) is 4. The van der Waals surface area contributed by atoms with Gasteiger partial charge in [-0.1, -0.05) is 0 Å². The SMILES string of the molecule is COC(=O)C(COCCCNC(=O)OC(C)(C)C)NC(=O)OC(C)(C)C. The second kappa shape index (κ2) is 10.8. The molecule has 0 aliphatic heterocycles. The molecule has 152 valence electrons. The molecular formula is C17H32N2O7. The molecule has 9 nitrogen and oxygen atoms in total. The zero-order chi connectivity index (χ0) is 20.4. The van der Waals surface area contributed by atoms with Gasteiger partial charge in [0.15, 0.2) is 6.04 Å². The normalized spacial score (nSPS) is 12.7. The molecule has 0 saturated heterocycles. The van der Waals surface area contributed by atoms with Crippen LogP contribution in [-0.4, -0.2) is 62.3 Å². The number of carbonyl (C=O) groups excluding carboxylic acids is 3. The fourth-order valence-electron chi connectivity index (χ4n) is 1.64. The minimum absolute atomic E-state index is 0.0711. The summed E-state index contributed by atoms with van der Waals surface area (Å²) in [6.45, 7) is 11.0. The molecule has 1 atom stereocenters. The number of amides is 2. The van der Waals surface area contributed by atoms with Crippen LogP contribution < -0.4 is 10.6 Å². The average Bonchev–Trinajstić information content (AvgIpc) is 2.44. The zero-order valence-electron chi connectivity index (χ0n) is 16.8. The molecule has 9 heteroatoms. The summed E-state index contributed by atoms with van der Waals surface area (Å²) in [5.74, 6) is -0.636. The molecule has 0 aromatic heterocycles. The van der Waals surface area contributed by atoms with E-state index in [4.69, 9.17) is 14.2 Å². The lowest BCUT2D eigenvalue weighted by atomic mass is 10.2. The van der Waals surface area contributed by atoms with Crippen molar-refractivity contribution in [2.45, 2.75) is 65.2 Å². The highest BCUT2D eigenvalue weighted by Crippen LogP contribution is 2.07. The van der Waals surface area contributed by atoms with Crippen molar-refractivity contribution >= 4 is 18.2 Å². The Labute approximate surface area is 155 Å². The van der Waals surface area contributed by atoms with Gasteiger partial charge in [0.2, 0.25) is 0 Å². The largest absolute Gasteiger partial charge is 0.467 e. The Morgan fingerprint density at radius 1 is 0.923 bits per heavy atom. The molecule has 2 N–H and O–H groups in total. The first-order valence-electron chi connectivity index (χ1n) is 8.46. The fraction of sp³-hybridized carbons (Fsp3) is 0.824. The van der Waals surface area contributed by atoms with Gasteiger partial charge in [0.1, 0.15) is 11.2 Å². The van der Waals surface area contributed by atoms with E-state index in [0.717, 1.165) is 0 Å². The summed E-state index contributed by atoms with van der Waals surface area (Å²) in [7, 11) is 1.22. The van der Waals surface area contributed by atoms with Gasteiger partial charge in [-0.05, 0) is 48.0 Å². The Bertz CT molecular complexity index is 467. The highest BCUT2D eigenvalue weighted by Gasteiger charge is 2.25. The Balaban J connectivity index is 4.14. The molecule has 0 heterocycles. The van der Waals surface area contributed by atoms with Crippen LogP contribution in [0.4, 0.5) is 9.59 Å². The molecular weight excluding hydrogens is 344 g/mol. The second-order valence-electron chi connectivity index (χ2n) is 7.58. The number of hydrogen-bond acceptors (Lipinski definition) is 7. The number of esters is 1. The van der Waals surface area contributed by atoms with Crippen molar-refractivity contribution in [3.05, 3.63) is 0 Å². The number of rotatable bonds is 8. The third-order valence-electron chi connectivity index (χ3n) is 2.59. The van der Waals surface area contributed by atoms with Crippen molar-refractivity contribution in [1.82, 2.24) is 10.6 Å². The second-order valence-corrected chi connectivity index (χ2v) is 7.58. The minimum atomic E-state index is -0.978. The quantitative estimate of drug-likeness (QED) is 0.378. The number of hydrogen-bond donors (Lipinski definition) is 2. The molecule has 0 aliphatic rings. The lowest BCUT2D eigenvalue weighted by molar-refractivity contribution is -0.144. The van der Waals surface area contributed by atoms with Crippen LogP contribution in [0.1, 0.15) is 48.0 Å². The van der Waals surface area contributed by atoms with E-state index < -0.39 is 35.4 Å². The first-order valence-corrected chi connectivity index (χ1v) is 8.46. The zero-order valence-corrected chi connectivity index (χ0v) is 16.8. The minimum Gasteiger partial charge on any atom is -0.467 e. The van der Waals surface area contributed by atoms with Gasteiger partial charge < -0.3 is 29.6 Å². The van der Waals surface area contributed by atoms with Crippen LogP contribution in [0.5, 0.6) is 0 Å². The van der Waals surface area contributed by atoms with E-state index >= 15 is 0 Å². The molecule has 0 aromatic rings. The molecule has 0 radical (unpaired) electrons. The standard InChI is InChI=1S/C17H32N2O7/c1-16(2,3)25-14(21)18-9-8-10-24-11-12(13(20)23-7)19-15(22)26-17(4,5)6/h12H,8-11H2,1-7H3,(H,18,21)(H,19,22). The summed E-state index contributed by atoms with van der Waals surface area (Å²) in [4.78, 5) is 34.9. The van der Waals surface area contributed by atoms with Crippen molar-refractivity contribution in [3.63, 3.8) is 0 Å². The number of nitrogens with one attached hydrogen (secondary N) is 2. The molecule has 2 amide bonds.